The Morgan fingerprint density at radius 3 is 2.15 bits per heavy atom. The number of hydrogen-bond acceptors (Lipinski definition) is 3. The third-order valence-electron chi connectivity index (χ3n) is 4.20. The van der Waals surface area contributed by atoms with Gasteiger partial charge < -0.3 is 4.57 Å². The predicted octanol–water partition coefficient (Wildman–Crippen LogP) is 3.31. The number of para-hydroxylation sites is 2. The van der Waals surface area contributed by atoms with Crippen molar-refractivity contribution in [2.75, 3.05) is 4.90 Å². The van der Waals surface area contributed by atoms with Crippen LogP contribution in [0.5, 0.6) is 0 Å². The van der Waals surface area contributed by atoms with E-state index in [1.807, 2.05) is 71.6 Å². The van der Waals surface area contributed by atoms with Gasteiger partial charge in [-0.2, -0.15) is 0 Å². The fraction of sp³-hybridized carbons (Fsp3) is 0. The summed E-state index contributed by atoms with van der Waals surface area (Å²) in [5, 5.41) is 2.67. The zero-order valence-corrected chi connectivity index (χ0v) is 15.0. The fourth-order valence-electron chi connectivity index (χ4n) is 2.89. The molecule has 0 saturated carbocycles. The van der Waals surface area contributed by atoms with Crippen molar-refractivity contribution in [3.8, 4) is 5.69 Å². The Balaban J connectivity index is 1.68. The highest BCUT2D eigenvalue weighted by Gasteiger charge is 2.34. The molecule has 0 spiro atoms. The van der Waals surface area contributed by atoms with Crippen molar-refractivity contribution in [2.24, 2.45) is 0 Å². The summed E-state index contributed by atoms with van der Waals surface area (Å²) in [5.41, 5.74) is 2.39. The second-order valence-corrected chi connectivity index (χ2v) is 6.37. The van der Waals surface area contributed by atoms with Gasteiger partial charge in [-0.05, 0) is 54.2 Å². The van der Waals surface area contributed by atoms with Gasteiger partial charge in [-0.3, -0.25) is 19.8 Å². The van der Waals surface area contributed by atoms with Crippen LogP contribution in [0, 0.1) is 0 Å². The number of hydrogen-bond donors (Lipinski definition) is 1. The molecule has 0 bridgehead atoms. The van der Waals surface area contributed by atoms with Crippen molar-refractivity contribution >= 4 is 40.9 Å². The molecule has 3 aromatic rings. The maximum absolute atomic E-state index is 12.9. The topological polar surface area (TPSA) is 54.3 Å². The first kappa shape index (κ1) is 16.9. The average molecular weight is 373 g/mol. The zero-order chi connectivity index (χ0) is 18.8. The minimum absolute atomic E-state index is 0.0401. The number of nitrogens with one attached hydrogen (secondary N) is 1. The number of anilines is 1. The number of thiocarbonyl (C=S) groups is 1. The maximum Gasteiger partial charge on any atom is 0.270 e. The van der Waals surface area contributed by atoms with Crippen LogP contribution in [-0.2, 0) is 9.59 Å². The fourth-order valence-corrected chi connectivity index (χ4v) is 3.18. The molecular formula is C21H15N3O2S. The van der Waals surface area contributed by atoms with Crippen LogP contribution in [0.3, 0.4) is 0 Å². The molecular weight excluding hydrogens is 358 g/mol. The van der Waals surface area contributed by atoms with Gasteiger partial charge >= 0.3 is 0 Å². The highest BCUT2D eigenvalue weighted by molar-refractivity contribution is 7.80. The molecule has 0 atom stereocenters. The quantitative estimate of drug-likeness (QED) is 0.435. The Morgan fingerprint density at radius 2 is 1.48 bits per heavy atom. The van der Waals surface area contributed by atoms with Crippen LogP contribution in [-0.4, -0.2) is 21.5 Å². The normalized spacial score (nSPS) is 15.9. The molecule has 0 aliphatic carbocycles. The molecule has 1 aliphatic rings. The first-order chi connectivity index (χ1) is 13.1. The second-order valence-electron chi connectivity index (χ2n) is 5.98. The van der Waals surface area contributed by atoms with Crippen molar-refractivity contribution in [1.82, 2.24) is 9.88 Å². The minimum atomic E-state index is -0.496. The van der Waals surface area contributed by atoms with Gasteiger partial charge in [0, 0.05) is 18.1 Å². The number of carbonyl (C=O) groups is 2. The standard InChI is InChI=1S/C21H15N3O2S/c25-19-18(13-15-11-12-23(14-15)16-7-3-1-4-8-16)20(26)24(21(27)22-19)17-9-5-2-6-10-17/h1-14H,(H,22,25,27)/b18-13-. The van der Waals surface area contributed by atoms with E-state index < -0.39 is 11.8 Å². The Kier molecular flexibility index (Phi) is 4.40. The predicted molar refractivity (Wildman–Crippen MR) is 108 cm³/mol. The van der Waals surface area contributed by atoms with Gasteiger partial charge in [-0.15, -0.1) is 0 Å². The van der Waals surface area contributed by atoms with E-state index >= 15 is 0 Å². The number of benzene rings is 2. The lowest BCUT2D eigenvalue weighted by atomic mass is 10.1. The lowest BCUT2D eigenvalue weighted by Gasteiger charge is -2.28. The summed E-state index contributed by atoms with van der Waals surface area (Å²) in [6.45, 7) is 0. The molecule has 0 radical (unpaired) electrons. The summed E-state index contributed by atoms with van der Waals surface area (Å²) in [6.07, 6.45) is 5.32. The van der Waals surface area contributed by atoms with Crippen molar-refractivity contribution in [3.05, 3.63) is 90.3 Å². The molecule has 5 nitrogen and oxygen atoms in total. The number of nitrogens with zero attached hydrogens (tertiary/aromatic N) is 2. The lowest BCUT2D eigenvalue weighted by Crippen LogP contribution is -2.54. The molecule has 27 heavy (non-hydrogen) atoms. The Labute approximate surface area is 161 Å². The Morgan fingerprint density at radius 1 is 0.852 bits per heavy atom. The summed E-state index contributed by atoms with van der Waals surface area (Å²) in [7, 11) is 0. The summed E-state index contributed by atoms with van der Waals surface area (Å²) < 4.78 is 1.93. The zero-order valence-electron chi connectivity index (χ0n) is 14.2. The number of carbonyl (C=O) groups excluding carboxylic acids is 2. The highest BCUT2D eigenvalue weighted by atomic mass is 32.1. The van der Waals surface area contributed by atoms with E-state index in [1.54, 1.807) is 18.2 Å². The largest absolute Gasteiger partial charge is 0.323 e. The van der Waals surface area contributed by atoms with Crippen LogP contribution in [0.1, 0.15) is 5.56 Å². The van der Waals surface area contributed by atoms with E-state index in [4.69, 9.17) is 12.2 Å². The van der Waals surface area contributed by atoms with E-state index in [9.17, 15) is 9.59 Å². The van der Waals surface area contributed by atoms with Gasteiger partial charge in [-0.1, -0.05) is 36.4 Å². The molecule has 0 unspecified atom stereocenters. The molecule has 1 saturated heterocycles. The summed E-state index contributed by atoms with van der Waals surface area (Å²) in [5.74, 6) is -0.938. The Bertz CT molecular complexity index is 1060. The molecule has 2 aromatic carbocycles. The van der Waals surface area contributed by atoms with Crippen LogP contribution in [0.2, 0.25) is 0 Å². The van der Waals surface area contributed by atoms with Crippen molar-refractivity contribution < 1.29 is 9.59 Å². The molecule has 132 valence electrons. The lowest BCUT2D eigenvalue weighted by molar-refractivity contribution is -0.122. The maximum atomic E-state index is 12.9. The van der Waals surface area contributed by atoms with Crippen molar-refractivity contribution in [3.63, 3.8) is 0 Å². The second kappa shape index (κ2) is 7.01. The first-order valence-corrected chi connectivity index (χ1v) is 8.74. The molecule has 1 N–H and O–H groups in total. The molecule has 1 aliphatic heterocycles. The van der Waals surface area contributed by atoms with Gasteiger partial charge in [0.25, 0.3) is 11.8 Å². The van der Waals surface area contributed by atoms with E-state index in [0.29, 0.717) is 5.69 Å². The highest BCUT2D eigenvalue weighted by Crippen LogP contribution is 2.22. The van der Waals surface area contributed by atoms with Crippen LogP contribution in [0.15, 0.2) is 84.7 Å². The average Bonchev–Trinajstić information content (AvgIpc) is 3.15. The SMILES string of the molecule is O=C1NC(=S)N(c2ccccc2)C(=O)/C1=C\c1ccn(-c2ccccc2)c1. The third-order valence-corrected chi connectivity index (χ3v) is 4.48. The molecule has 1 fully saturated rings. The van der Waals surface area contributed by atoms with Crippen molar-refractivity contribution in [1.29, 1.82) is 0 Å². The number of amides is 2. The summed E-state index contributed by atoms with van der Waals surface area (Å²) in [6, 6.07) is 20.7. The molecule has 6 heteroatoms. The minimum Gasteiger partial charge on any atom is -0.323 e. The van der Waals surface area contributed by atoms with Gasteiger partial charge in [-0.25, -0.2) is 0 Å². The van der Waals surface area contributed by atoms with Gasteiger partial charge in [0.1, 0.15) is 5.57 Å². The van der Waals surface area contributed by atoms with Crippen LogP contribution in [0.25, 0.3) is 11.8 Å². The third kappa shape index (κ3) is 3.30. The van der Waals surface area contributed by atoms with Crippen LogP contribution in [0.4, 0.5) is 5.69 Å². The van der Waals surface area contributed by atoms with E-state index in [-0.39, 0.29) is 10.7 Å². The van der Waals surface area contributed by atoms with E-state index in [2.05, 4.69) is 5.32 Å². The first-order valence-electron chi connectivity index (χ1n) is 8.33. The van der Waals surface area contributed by atoms with Crippen LogP contribution < -0.4 is 10.2 Å². The van der Waals surface area contributed by atoms with Crippen molar-refractivity contribution in [2.45, 2.75) is 0 Å². The number of aromatic nitrogens is 1. The monoisotopic (exact) mass is 373 g/mol. The van der Waals surface area contributed by atoms with Gasteiger partial charge in [0.2, 0.25) is 0 Å². The van der Waals surface area contributed by atoms with Crippen LogP contribution >= 0.6 is 12.2 Å². The molecule has 1 aromatic heterocycles. The molecule has 4 rings (SSSR count). The number of rotatable bonds is 3. The Hall–Kier alpha value is -3.51. The van der Waals surface area contributed by atoms with Gasteiger partial charge in [0.05, 0.1) is 5.69 Å². The summed E-state index contributed by atoms with van der Waals surface area (Å²) >= 11 is 5.19. The van der Waals surface area contributed by atoms with E-state index in [0.717, 1.165) is 11.3 Å². The van der Waals surface area contributed by atoms with E-state index in [1.165, 1.54) is 4.90 Å². The molecule has 2 heterocycles. The summed E-state index contributed by atoms with van der Waals surface area (Å²) in [4.78, 5) is 26.6. The smallest absolute Gasteiger partial charge is 0.270 e. The molecule has 2 amide bonds. The van der Waals surface area contributed by atoms with Gasteiger partial charge in [0.15, 0.2) is 5.11 Å².